The van der Waals surface area contributed by atoms with Crippen molar-refractivity contribution in [1.82, 2.24) is 0 Å². The number of benzene rings is 1. The molecule has 0 fully saturated rings. The zero-order valence-electron chi connectivity index (χ0n) is 10.8. The first kappa shape index (κ1) is 16.6. The highest BCUT2D eigenvalue weighted by Gasteiger charge is 2.48. The van der Waals surface area contributed by atoms with Gasteiger partial charge in [0.15, 0.2) is 0 Å². The van der Waals surface area contributed by atoms with E-state index in [0.717, 1.165) is 13.2 Å². The number of rotatable bonds is 5. The SMILES string of the molecule is COc1cc(S(=O)(=O)C(F)(F)F)c(OC)cc1CCN. The van der Waals surface area contributed by atoms with Gasteiger partial charge in [-0.1, -0.05) is 0 Å². The van der Waals surface area contributed by atoms with Crippen LogP contribution in [0.5, 0.6) is 11.5 Å². The van der Waals surface area contributed by atoms with Crippen LogP contribution in [0.2, 0.25) is 0 Å². The summed E-state index contributed by atoms with van der Waals surface area (Å²) < 4.78 is 70.5. The molecule has 1 rings (SSSR count). The van der Waals surface area contributed by atoms with Crippen molar-refractivity contribution in [2.45, 2.75) is 16.8 Å². The quantitative estimate of drug-likeness (QED) is 0.891. The fourth-order valence-electron chi connectivity index (χ4n) is 1.62. The Kier molecular flexibility index (Phi) is 4.87. The van der Waals surface area contributed by atoms with Crippen molar-refractivity contribution in [2.24, 2.45) is 5.73 Å². The second kappa shape index (κ2) is 5.88. The van der Waals surface area contributed by atoms with Crippen LogP contribution in [0.1, 0.15) is 5.56 Å². The molecule has 114 valence electrons. The third-order valence-electron chi connectivity index (χ3n) is 2.57. The van der Waals surface area contributed by atoms with Gasteiger partial charge < -0.3 is 15.2 Å². The van der Waals surface area contributed by atoms with Gasteiger partial charge in [-0.3, -0.25) is 0 Å². The van der Waals surface area contributed by atoms with Gasteiger partial charge >= 0.3 is 5.51 Å². The zero-order valence-corrected chi connectivity index (χ0v) is 11.6. The lowest BCUT2D eigenvalue weighted by molar-refractivity contribution is -0.0437. The highest BCUT2D eigenvalue weighted by molar-refractivity contribution is 7.92. The molecule has 0 radical (unpaired) electrons. The van der Waals surface area contributed by atoms with Crippen LogP contribution in [-0.2, 0) is 16.3 Å². The standard InChI is InChI=1S/C11H14F3NO4S/c1-18-8-6-10(20(16,17)11(12,13)14)9(19-2)5-7(8)3-4-15/h5-6H,3-4,15H2,1-2H3. The van der Waals surface area contributed by atoms with Crippen LogP contribution in [0.4, 0.5) is 13.2 Å². The number of nitrogens with two attached hydrogens (primary N) is 1. The summed E-state index contributed by atoms with van der Waals surface area (Å²) in [7, 11) is -3.21. The van der Waals surface area contributed by atoms with E-state index in [9.17, 15) is 21.6 Å². The smallest absolute Gasteiger partial charge is 0.496 e. The van der Waals surface area contributed by atoms with E-state index in [4.69, 9.17) is 15.2 Å². The second-order valence-electron chi connectivity index (χ2n) is 3.80. The van der Waals surface area contributed by atoms with Gasteiger partial charge in [0, 0.05) is 6.07 Å². The molecule has 9 heteroatoms. The van der Waals surface area contributed by atoms with Crippen LogP contribution in [0.25, 0.3) is 0 Å². The van der Waals surface area contributed by atoms with Gasteiger partial charge in [-0.15, -0.1) is 0 Å². The van der Waals surface area contributed by atoms with Gasteiger partial charge in [0.1, 0.15) is 16.4 Å². The summed E-state index contributed by atoms with van der Waals surface area (Å²) in [4.78, 5) is -0.981. The summed E-state index contributed by atoms with van der Waals surface area (Å²) in [5.74, 6) is -0.384. The average Bonchev–Trinajstić information content (AvgIpc) is 2.37. The van der Waals surface area contributed by atoms with Crippen molar-refractivity contribution in [3.05, 3.63) is 17.7 Å². The van der Waals surface area contributed by atoms with E-state index in [2.05, 4.69) is 0 Å². The maximum Gasteiger partial charge on any atom is 0.502 e. The van der Waals surface area contributed by atoms with Crippen molar-refractivity contribution in [2.75, 3.05) is 20.8 Å². The Morgan fingerprint density at radius 1 is 1.15 bits per heavy atom. The minimum Gasteiger partial charge on any atom is -0.496 e. The lowest BCUT2D eigenvalue weighted by atomic mass is 10.1. The first-order valence-corrected chi connectivity index (χ1v) is 6.93. The lowest BCUT2D eigenvalue weighted by Crippen LogP contribution is -2.24. The number of alkyl halides is 3. The number of halogens is 3. The van der Waals surface area contributed by atoms with Crippen LogP contribution >= 0.6 is 0 Å². The summed E-state index contributed by atoms with van der Waals surface area (Å²) in [6.45, 7) is 0.227. The Balaban J connectivity index is 3.56. The predicted molar refractivity (Wildman–Crippen MR) is 65.5 cm³/mol. The number of ether oxygens (including phenoxy) is 2. The van der Waals surface area contributed by atoms with Gasteiger partial charge in [0.25, 0.3) is 9.84 Å². The molecule has 0 spiro atoms. The summed E-state index contributed by atoms with van der Waals surface area (Å²) in [6.07, 6.45) is 0.311. The Hall–Kier alpha value is -1.48. The van der Waals surface area contributed by atoms with E-state index in [1.807, 2.05) is 0 Å². The molecule has 0 atom stereocenters. The zero-order chi connectivity index (χ0) is 15.6. The first-order valence-electron chi connectivity index (χ1n) is 5.45. The Morgan fingerprint density at radius 3 is 2.10 bits per heavy atom. The Bertz CT molecular complexity index is 584. The van der Waals surface area contributed by atoms with Crippen LogP contribution in [0.15, 0.2) is 17.0 Å². The maximum absolute atomic E-state index is 12.6. The number of methoxy groups -OCH3 is 2. The van der Waals surface area contributed by atoms with Crippen molar-refractivity contribution < 1.29 is 31.1 Å². The molecule has 0 amide bonds. The topological polar surface area (TPSA) is 78.6 Å². The molecule has 0 aliphatic heterocycles. The van der Waals surface area contributed by atoms with E-state index in [1.165, 1.54) is 13.2 Å². The number of hydrogen-bond acceptors (Lipinski definition) is 5. The Labute approximate surface area is 114 Å². The van der Waals surface area contributed by atoms with Crippen LogP contribution in [-0.4, -0.2) is 34.7 Å². The van der Waals surface area contributed by atoms with Gasteiger partial charge in [-0.05, 0) is 24.6 Å². The third kappa shape index (κ3) is 2.98. The second-order valence-corrected chi connectivity index (χ2v) is 5.71. The molecular formula is C11H14F3NO4S. The van der Waals surface area contributed by atoms with E-state index in [-0.39, 0.29) is 12.3 Å². The summed E-state index contributed by atoms with van der Waals surface area (Å²) in [6, 6.07) is 1.98. The van der Waals surface area contributed by atoms with Gasteiger partial charge in [-0.25, -0.2) is 8.42 Å². The molecule has 1 aromatic carbocycles. The summed E-state index contributed by atoms with van der Waals surface area (Å²) in [5.41, 5.74) is 0.424. The summed E-state index contributed by atoms with van der Waals surface area (Å²) >= 11 is 0. The normalized spacial score (nSPS) is 12.3. The molecule has 0 heterocycles. The third-order valence-corrected chi connectivity index (χ3v) is 4.08. The first-order chi connectivity index (χ1) is 9.18. The van der Waals surface area contributed by atoms with Crippen molar-refractivity contribution >= 4 is 9.84 Å². The highest BCUT2D eigenvalue weighted by atomic mass is 32.2. The predicted octanol–water partition coefficient (Wildman–Crippen LogP) is 1.50. The fourth-order valence-corrected chi connectivity index (χ4v) is 2.54. The van der Waals surface area contributed by atoms with E-state index >= 15 is 0 Å². The number of sulfone groups is 1. The van der Waals surface area contributed by atoms with Crippen molar-refractivity contribution in [3.8, 4) is 11.5 Å². The molecule has 0 saturated carbocycles. The summed E-state index contributed by atoms with van der Waals surface area (Å²) in [5, 5.41) is 0. The van der Waals surface area contributed by atoms with E-state index in [0.29, 0.717) is 12.0 Å². The number of hydrogen-bond donors (Lipinski definition) is 1. The molecule has 0 saturated heterocycles. The molecular weight excluding hydrogens is 299 g/mol. The molecule has 20 heavy (non-hydrogen) atoms. The molecule has 0 aromatic heterocycles. The van der Waals surface area contributed by atoms with Crippen LogP contribution in [0, 0.1) is 0 Å². The highest BCUT2D eigenvalue weighted by Crippen LogP contribution is 2.39. The molecule has 0 aliphatic carbocycles. The van der Waals surface area contributed by atoms with Gasteiger partial charge in [-0.2, -0.15) is 13.2 Å². The monoisotopic (exact) mass is 313 g/mol. The van der Waals surface area contributed by atoms with E-state index < -0.39 is 26.0 Å². The molecule has 0 unspecified atom stereocenters. The molecule has 5 nitrogen and oxygen atoms in total. The molecule has 0 aliphatic rings. The van der Waals surface area contributed by atoms with Crippen molar-refractivity contribution in [3.63, 3.8) is 0 Å². The Morgan fingerprint density at radius 2 is 1.70 bits per heavy atom. The van der Waals surface area contributed by atoms with Gasteiger partial charge in [0.2, 0.25) is 0 Å². The van der Waals surface area contributed by atoms with E-state index in [1.54, 1.807) is 0 Å². The molecule has 1 aromatic rings. The molecule has 2 N–H and O–H groups in total. The average molecular weight is 313 g/mol. The maximum atomic E-state index is 12.6. The van der Waals surface area contributed by atoms with Crippen molar-refractivity contribution in [1.29, 1.82) is 0 Å². The van der Waals surface area contributed by atoms with Crippen LogP contribution < -0.4 is 15.2 Å². The minimum absolute atomic E-state index is 0.0130. The minimum atomic E-state index is -5.52. The molecule has 0 bridgehead atoms. The van der Waals surface area contributed by atoms with Crippen LogP contribution in [0.3, 0.4) is 0 Å². The largest absolute Gasteiger partial charge is 0.502 e. The van der Waals surface area contributed by atoms with Gasteiger partial charge in [0.05, 0.1) is 14.2 Å². The fraction of sp³-hybridized carbons (Fsp3) is 0.455. The lowest BCUT2D eigenvalue weighted by Gasteiger charge is -2.16.